The first-order valence-corrected chi connectivity index (χ1v) is 8.78. The number of thioether (sulfide) groups is 1. The van der Waals surface area contributed by atoms with Crippen molar-refractivity contribution in [3.8, 4) is 0 Å². The molecule has 0 aliphatic heterocycles. The zero-order valence-electron chi connectivity index (χ0n) is 10.5. The zero-order chi connectivity index (χ0) is 13.9. The quantitative estimate of drug-likeness (QED) is 0.441. The highest BCUT2D eigenvalue weighted by molar-refractivity contribution is 9.10. The molecule has 0 N–H and O–H groups in total. The van der Waals surface area contributed by atoms with Crippen molar-refractivity contribution in [3.63, 3.8) is 0 Å². The molecule has 0 amide bonds. The lowest BCUT2D eigenvalue weighted by Gasteiger charge is -2.04. The van der Waals surface area contributed by atoms with Gasteiger partial charge in [0, 0.05) is 19.6 Å². The first kappa shape index (κ1) is 13.9. The maximum Gasteiger partial charge on any atom is 0.174 e. The van der Waals surface area contributed by atoms with Crippen molar-refractivity contribution < 1.29 is 4.79 Å². The molecule has 3 aromatic rings. The van der Waals surface area contributed by atoms with E-state index in [4.69, 9.17) is 0 Å². The average Bonchev–Trinajstić information content (AvgIpc) is 2.94. The Hall–Kier alpha value is -1.10. The summed E-state index contributed by atoms with van der Waals surface area (Å²) in [6, 6.07) is 15.9. The van der Waals surface area contributed by atoms with E-state index in [0.29, 0.717) is 5.75 Å². The number of halogens is 1. The van der Waals surface area contributed by atoms with Crippen LogP contribution in [0.1, 0.15) is 10.4 Å². The predicted octanol–water partition coefficient (Wildman–Crippen LogP) is 5.64. The third-order valence-electron chi connectivity index (χ3n) is 2.97. The summed E-state index contributed by atoms with van der Waals surface area (Å²) in [5.74, 6) is 0.637. The van der Waals surface area contributed by atoms with Crippen LogP contribution < -0.4 is 0 Å². The van der Waals surface area contributed by atoms with E-state index in [9.17, 15) is 4.79 Å². The highest BCUT2D eigenvalue weighted by atomic mass is 79.9. The monoisotopic (exact) mass is 362 g/mol. The van der Waals surface area contributed by atoms with Crippen LogP contribution in [0.2, 0.25) is 0 Å². The first-order valence-electron chi connectivity index (χ1n) is 6.12. The molecule has 0 aliphatic carbocycles. The maximum atomic E-state index is 12.4. The Balaban J connectivity index is 1.80. The van der Waals surface area contributed by atoms with Crippen LogP contribution >= 0.6 is 39.0 Å². The van der Waals surface area contributed by atoms with Crippen molar-refractivity contribution in [2.24, 2.45) is 0 Å². The average molecular weight is 363 g/mol. The largest absolute Gasteiger partial charge is 0.293 e. The normalized spacial score (nSPS) is 10.8. The molecule has 0 spiro atoms. The lowest BCUT2D eigenvalue weighted by Crippen LogP contribution is -2.02. The molecule has 1 nitrogen and oxygen atoms in total. The van der Waals surface area contributed by atoms with Crippen LogP contribution in [0, 0.1) is 0 Å². The van der Waals surface area contributed by atoms with Gasteiger partial charge in [-0.25, -0.2) is 0 Å². The smallest absolute Gasteiger partial charge is 0.174 e. The van der Waals surface area contributed by atoms with Crippen LogP contribution in [0.5, 0.6) is 0 Å². The summed E-state index contributed by atoms with van der Waals surface area (Å²) < 4.78 is 2.12. The first-order chi connectivity index (χ1) is 9.75. The van der Waals surface area contributed by atoms with Crippen LogP contribution in [0.15, 0.2) is 63.3 Å². The molecule has 0 bridgehead atoms. The molecule has 1 heterocycles. The molecule has 0 fully saturated rings. The zero-order valence-corrected chi connectivity index (χ0v) is 13.7. The Morgan fingerprint density at radius 2 is 1.95 bits per heavy atom. The number of benzene rings is 2. The van der Waals surface area contributed by atoms with E-state index in [2.05, 4.69) is 22.0 Å². The molecule has 0 atom stereocenters. The highest BCUT2D eigenvalue weighted by Gasteiger charge is 2.12. The second-order valence-electron chi connectivity index (χ2n) is 4.29. The van der Waals surface area contributed by atoms with Crippen molar-refractivity contribution in [2.75, 3.05) is 5.75 Å². The Morgan fingerprint density at radius 1 is 1.10 bits per heavy atom. The van der Waals surface area contributed by atoms with Gasteiger partial charge in [0.25, 0.3) is 0 Å². The van der Waals surface area contributed by atoms with Gasteiger partial charge in [0.15, 0.2) is 5.78 Å². The number of hydrogen-bond donors (Lipinski definition) is 0. The molecule has 4 heteroatoms. The summed E-state index contributed by atoms with van der Waals surface area (Å²) in [7, 11) is 0. The molecule has 1 aromatic heterocycles. The van der Waals surface area contributed by atoms with Gasteiger partial charge < -0.3 is 0 Å². The Kier molecular flexibility index (Phi) is 4.24. The topological polar surface area (TPSA) is 17.1 Å². The Labute approximate surface area is 134 Å². The fourth-order valence-electron chi connectivity index (χ4n) is 2.00. The second kappa shape index (κ2) is 6.12. The SMILES string of the molecule is O=C(CSc1ccccc1Br)c1cccc2ccsc12. The fraction of sp³-hybridized carbons (Fsp3) is 0.0625. The number of fused-ring (bicyclic) bond motifs is 1. The summed E-state index contributed by atoms with van der Waals surface area (Å²) in [4.78, 5) is 13.5. The molecule has 0 saturated heterocycles. The van der Waals surface area contributed by atoms with E-state index < -0.39 is 0 Å². The van der Waals surface area contributed by atoms with Crippen molar-refractivity contribution in [1.82, 2.24) is 0 Å². The van der Waals surface area contributed by atoms with E-state index in [-0.39, 0.29) is 5.78 Å². The van der Waals surface area contributed by atoms with E-state index >= 15 is 0 Å². The van der Waals surface area contributed by atoms with E-state index in [0.717, 1.165) is 25.0 Å². The van der Waals surface area contributed by atoms with Crippen LogP contribution in [-0.4, -0.2) is 11.5 Å². The van der Waals surface area contributed by atoms with Crippen LogP contribution in [0.25, 0.3) is 10.1 Å². The third kappa shape index (κ3) is 2.82. The van der Waals surface area contributed by atoms with E-state index in [1.165, 1.54) is 0 Å². The maximum absolute atomic E-state index is 12.4. The van der Waals surface area contributed by atoms with E-state index in [1.807, 2.05) is 47.8 Å². The van der Waals surface area contributed by atoms with Gasteiger partial charge in [-0.15, -0.1) is 23.1 Å². The molecular weight excluding hydrogens is 352 g/mol. The van der Waals surface area contributed by atoms with Crippen molar-refractivity contribution in [1.29, 1.82) is 0 Å². The molecule has 100 valence electrons. The molecule has 0 saturated carbocycles. The number of Topliss-reactive ketones (excluding diaryl/α,β-unsaturated/α-hetero) is 1. The van der Waals surface area contributed by atoms with Gasteiger partial charge in [0.05, 0.1) is 5.75 Å². The molecule has 0 aliphatic rings. The summed E-state index contributed by atoms with van der Waals surface area (Å²) >= 11 is 6.70. The molecule has 3 rings (SSSR count). The molecule has 2 aromatic carbocycles. The van der Waals surface area contributed by atoms with Gasteiger partial charge in [-0.1, -0.05) is 24.3 Å². The van der Waals surface area contributed by atoms with Crippen molar-refractivity contribution in [3.05, 3.63) is 63.9 Å². The number of ketones is 1. The van der Waals surface area contributed by atoms with Gasteiger partial charge >= 0.3 is 0 Å². The molecule has 0 unspecified atom stereocenters. The Bertz CT molecular complexity index is 764. The van der Waals surface area contributed by atoms with Gasteiger partial charge in [-0.05, 0) is 51.0 Å². The number of carbonyl (C=O) groups is 1. The lowest BCUT2D eigenvalue weighted by atomic mass is 10.1. The number of thiophene rings is 1. The number of carbonyl (C=O) groups excluding carboxylic acids is 1. The third-order valence-corrected chi connectivity index (χ3v) is 5.97. The molecule has 20 heavy (non-hydrogen) atoms. The van der Waals surface area contributed by atoms with E-state index in [1.54, 1.807) is 23.1 Å². The lowest BCUT2D eigenvalue weighted by molar-refractivity contribution is 0.102. The number of hydrogen-bond acceptors (Lipinski definition) is 3. The summed E-state index contributed by atoms with van der Waals surface area (Å²) in [6.45, 7) is 0. The predicted molar refractivity (Wildman–Crippen MR) is 91.0 cm³/mol. The Morgan fingerprint density at radius 3 is 2.80 bits per heavy atom. The summed E-state index contributed by atoms with van der Waals surface area (Å²) in [5, 5.41) is 3.18. The van der Waals surface area contributed by atoms with Crippen LogP contribution in [0.3, 0.4) is 0 Å². The van der Waals surface area contributed by atoms with Gasteiger partial charge in [0.1, 0.15) is 0 Å². The highest BCUT2D eigenvalue weighted by Crippen LogP contribution is 2.30. The molecular formula is C16H11BrOS2. The van der Waals surface area contributed by atoms with Gasteiger partial charge in [0.2, 0.25) is 0 Å². The minimum atomic E-state index is 0.179. The van der Waals surface area contributed by atoms with Crippen molar-refractivity contribution in [2.45, 2.75) is 4.90 Å². The van der Waals surface area contributed by atoms with Crippen LogP contribution in [-0.2, 0) is 0 Å². The van der Waals surface area contributed by atoms with Crippen molar-refractivity contribution >= 4 is 54.9 Å². The second-order valence-corrected chi connectivity index (χ2v) is 7.07. The summed E-state index contributed by atoms with van der Waals surface area (Å²) in [6.07, 6.45) is 0. The standard InChI is InChI=1S/C16H11BrOS2/c17-13-6-1-2-7-15(13)20-10-14(18)12-5-3-4-11-8-9-19-16(11)12/h1-9H,10H2. The number of rotatable bonds is 4. The fourth-order valence-corrected chi connectivity index (χ4v) is 4.38. The van der Waals surface area contributed by atoms with Gasteiger partial charge in [-0.2, -0.15) is 0 Å². The summed E-state index contributed by atoms with van der Waals surface area (Å²) in [5.41, 5.74) is 0.831. The minimum Gasteiger partial charge on any atom is -0.293 e. The van der Waals surface area contributed by atoms with Gasteiger partial charge in [-0.3, -0.25) is 4.79 Å². The van der Waals surface area contributed by atoms with Crippen LogP contribution in [0.4, 0.5) is 0 Å². The minimum absolute atomic E-state index is 0.179. The molecule has 0 radical (unpaired) electrons.